The van der Waals surface area contributed by atoms with Crippen LogP contribution in [0, 0.1) is 5.92 Å². The van der Waals surface area contributed by atoms with E-state index >= 15 is 0 Å². The van der Waals surface area contributed by atoms with Crippen LogP contribution in [0.2, 0.25) is 0 Å². The lowest BCUT2D eigenvalue weighted by molar-refractivity contribution is 0.137. The molecule has 0 aliphatic carbocycles. The topological polar surface area (TPSA) is 24.5 Å². The van der Waals surface area contributed by atoms with E-state index < -0.39 is 0 Å². The number of nitrogens with one attached hydrogen (secondary N) is 1. The number of hydrogen-bond donors (Lipinski definition) is 1. The van der Waals surface area contributed by atoms with Crippen molar-refractivity contribution >= 4 is 0 Å². The fraction of sp³-hybridized carbons (Fsp3) is 1.00. The first-order valence-corrected chi connectivity index (χ1v) is 6.78. The Balaban J connectivity index is 2.06. The third-order valence-electron chi connectivity index (χ3n) is 3.40. The predicted molar refractivity (Wildman–Crippen MR) is 68.8 cm³/mol. The number of piperazine rings is 1. The smallest absolute Gasteiger partial charge is 0.0490 e. The molecule has 1 saturated heterocycles. The standard InChI is InChI=1S/C13H28N2O/c1-3-5-13(12-16-2)6-4-9-15-10-7-14-8-11-15/h13-14H,3-12H2,1-2H3/t13-/m0/s1. The lowest BCUT2D eigenvalue weighted by atomic mass is 9.99. The van der Waals surface area contributed by atoms with Crippen LogP contribution in [0.1, 0.15) is 32.6 Å². The van der Waals surface area contributed by atoms with Crippen molar-refractivity contribution in [1.82, 2.24) is 10.2 Å². The Bertz CT molecular complexity index is 152. The van der Waals surface area contributed by atoms with Gasteiger partial charge in [0.05, 0.1) is 0 Å². The summed E-state index contributed by atoms with van der Waals surface area (Å²) in [5.74, 6) is 0.776. The van der Waals surface area contributed by atoms with E-state index in [0.29, 0.717) is 0 Å². The molecule has 0 aromatic rings. The Morgan fingerprint density at radius 3 is 2.62 bits per heavy atom. The Labute approximate surface area is 101 Å². The van der Waals surface area contributed by atoms with Gasteiger partial charge in [0, 0.05) is 39.9 Å². The van der Waals surface area contributed by atoms with Crippen molar-refractivity contribution in [2.45, 2.75) is 32.6 Å². The molecule has 1 atom stereocenters. The molecule has 0 aromatic heterocycles. The third-order valence-corrected chi connectivity index (χ3v) is 3.40. The molecule has 3 heteroatoms. The summed E-state index contributed by atoms with van der Waals surface area (Å²) in [6, 6.07) is 0. The molecule has 0 saturated carbocycles. The van der Waals surface area contributed by atoms with Crippen LogP contribution >= 0.6 is 0 Å². The summed E-state index contributed by atoms with van der Waals surface area (Å²) in [6.45, 7) is 9.25. The van der Waals surface area contributed by atoms with Crippen LogP contribution in [0.5, 0.6) is 0 Å². The molecule has 1 N–H and O–H groups in total. The van der Waals surface area contributed by atoms with E-state index in [1.165, 1.54) is 45.3 Å². The zero-order chi connectivity index (χ0) is 11.6. The van der Waals surface area contributed by atoms with Crippen molar-refractivity contribution in [2.24, 2.45) is 5.92 Å². The van der Waals surface area contributed by atoms with Crippen LogP contribution in [-0.2, 0) is 4.74 Å². The Morgan fingerprint density at radius 1 is 1.25 bits per heavy atom. The molecular formula is C13H28N2O. The van der Waals surface area contributed by atoms with Crippen molar-refractivity contribution in [3.05, 3.63) is 0 Å². The summed E-state index contributed by atoms with van der Waals surface area (Å²) in [6.07, 6.45) is 5.25. The zero-order valence-corrected chi connectivity index (χ0v) is 11.0. The Morgan fingerprint density at radius 2 is 2.00 bits per heavy atom. The van der Waals surface area contributed by atoms with Crippen LogP contribution in [-0.4, -0.2) is 51.3 Å². The molecule has 3 nitrogen and oxygen atoms in total. The highest BCUT2D eigenvalue weighted by Gasteiger charge is 2.11. The van der Waals surface area contributed by atoms with Gasteiger partial charge in [-0.2, -0.15) is 0 Å². The summed E-state index contributed by atoms with van der Waals surface area (Å²) in [7, 11) is 1.82. The number of hydrogen-bond acceptors (Lipinski definition) is 3. The van der Waals surface area contributed by atoms with Crippen molar-refractivity contribution in [3.8, 4) is 0 Å². The summed E-state index contributed by atoms with van der Waals surface area (Å²) >= 11 is 0. The molecule has 1 heterocycles. The largest absolute Gasteiger partial charge is 0.384 e. The van der Waals surface area contributed by atoms with Gasteiger partial charge in [0.25, 0.3) is 0 Å². The average Bonchev–Trinajstić information content (AvgIpc) is 2.31. The second-order valence-corrected chi connectivity index (χ2v) is 4.84. The monoisotopic (exact) mass is 228 g/mol. The molecule has 1 rings (SSSR count). The number of methoxy groups -OCH3 is 1. The molecule has 0 radical (unpaired) electrons. The van der Waals surface area contributed by atoms with Crippen LogP contribution in [0.4, 0.5) is 0 Å². The second-order valence-electron chi connectivity index (χ2n) is 4.84. The van der Waals surface area contributed by atoms with Crippen molar-refractivity contribution in [1.29, 1.82) is 0 Å². The minimum absolute atomic E-state index is 0.776. The van der Waals surface area contributed by atoms with Crippen LogP contribution in [0.15, 0.2) is 0 Å². The van der Waals surface area contributed by atoms with Gasteiger partial charge < -0.3 is 15.0 Å². The first-order chi connectivity index (χ1) is 7.86. The van der Waals surface area contributed by atoms with E-state index in [4.69, 9.17) is 4.74 Å². The average molecular weight is 228 g/mol. The molecule has 0 unspecified atom stereocenters. The van der Waals surface area contributed by atoms with Gasteiger partial charge >= 0.3 is 0 Å². The Kier molecular flexibility index (Phi) is 7.81. The van der Waals surface area contributed by atoms with Gasteiger partial charge in [0.1, 0.15) is 0 Å². The number of ether oxygens (including phenoxy) is 1. The highest BCUT2D eigenvalue weighted by molar-refractivity contribution is 4.68. The first kappa shape index (κ1) is 13.9. The SMILES string of the molecule is CCC[C@@H](CCCN1CCNCC1)COC. The van der Waals surface area contributed by atoms with E-state index in [2.05, 4.69) is 17.1 Å². The quantitative estimate of drug-likeness (QED) is 0.685. The van der Waals surface area contributed by atoms with Gasteiger partial charge in [0.2, 0.25) is 0 Å². The molecule has 1 aliphatic heterocycles. The summed E-state index contributed by atoms with van der Waals surface area (Å²) in [4.78, 5) is 2.58. The van der Waals surface area contributed by atoms with Gasteiger partial charge in [-0.05, 0) is 31.7 Å². The molecule has 96 valence electrons. The first-order valence-electron chi connectivity index (χ1n) is 6.78. The molecule has 1 fully saturated rings. The van der Waals surface area contributed by atoms with Crippen molar-refractivity contribution < 1.29 is 4.74 Å². The van der Waals surface area contributed by atoms with E-state index in [9.17, 15) is 0 Å². The molecule has 0 bridgehead atoms. The lowest BCUT2D eigenvalue weighted by Crippen LogP contribution is -2.43. The van der Waals surface area contributed by atoms with Crippen LogP contribution < -0.4 is 5.32 Å². The van der Waals surface area contributed by atoms with Gasteiger partial charge in [-0.3, -0.25) is 0 Å². The highest BCUT2D eigenvalue weighted by Crippen LogP contribution is 2.14. The summed E-state index contributed by atoms with van der Waals surface area (Å²) in [5, 5.41) is 3.39. The van der Waals surface area contributed by atoms with Crippen molar-refractivity contribution in [2.75, 3.05) is 46.4 Å². The number of nitrogens with zero attached hydrogens (tertiary/aromatic N) is 1. The maximum Gasteiger partial charge on any atom is 0.0490 e. The highest BCUT2D eigenvalue weighted by atomic mass is 16.5. The fourth-order valence-electron chi connectivity index (χ4n) is 2.49. The minimum Gasteiger partial charge on any atom is -0.384 e. The normalized spacial score (nSPS) is 19.9. The fourth-order valence-corrected chi connectivity index (χ4v) is 2.49. The van der Waals surface area contributed by atoms with Gasteiger partial charge in [-0.25, -0.2) is 0 Å². The third kappa shape index (κ3) is 5.83. The summed E-state index contributed by atoms with van der Waals surface area (Å²) < 4.78 is 5.28. The van der Waals surface area contributed by atoms with Gasteiger partial charge in [0.15, 0.2) is 0 Å². The predicted octanol–water partition coefficient (Wildman–Crippen LogP) is 1.73. The van der Waals surface area contributed by atoms with Crippen LogP contribution in [0.25, 0.3) is 0 Å². The molecule has 0 amide bonds. The Hall–Kier alpha value is -0.120. The minimum atomic E-state index is 0.776. The van der Waals surface area contributed by atoms with Crippen LogP contribution in [0.3, 0.4) is 0 Å². The van der Waals surface area contributed by atoms with E-state index in [1.54, 1.807) is 0 Å². The van der Waals surface area contributed by atoms with Crippen molar-refractivity contribution in [3.63, 3.8) is 0 Å². The molecule has 0 spiro atoms. The zero-order valence-electron chi connectivity index (χ0n) is 11.0. The van der Waals surface area contributed by atoms with Gasteiger partial charge in [-0.15, -0.1) is 0 Å². The molecule has 1 aliphatic rings. The van der Waals surface area contributed by atoms with E-state index in [-0.39, 0.29) is 0 Å². The molecule has 0 aromatic carbocycles. The van der Waals surface area contributed by atoms with E-state index in [1.807, 2.05) is 7.11 Å². The number of rotatable bonds is 8. The lowest BCUT2D eigenvalue weighted by Gasteiger charge is -2.27. The summed E-state index contributed by atoms with van der Waals surface area (Å²) in [5.41, 5.74) is 0. The maximum atomic E-state index is 5.28. The van der Waals surface area contributed by atoms with Gasteiger partial charge in [-0.1, -0.05) is 13.3 Å². The molecular weight excluding hydrogens is 200 g/mol. The second kappa shape index (κ2) is 8.97. The van der Waals surface area contributed by atoms with E-state index in [0.717, 1.165) is 25.6 Å². The maximum absolute atomic E-state index is 5.28. The molecule has 16 heavy (non-hydrogen) atoms.